The molecule has 0 fully saturated rings. The SMILES string of the molecule is Cc1ccn(O)c(=N)c1N. The van der Waals surface area contributed by atoms with Crippen molar-refractivity contribution in [1.82, 2.24) is 4.73 Å². The van der Waals surface area contributed by atoms with E-state index in [1.807, 2.05) is 0 Å². The van der Waals surface area contributed by atoms with Gasteiger partial charge in [0.05, 0.1) is 5.69 Å². The molecule has 0 saturated carbocycles. The lowest BCUT2D eigenvalue weighted by Gasteiger charge is -2.01. The van der Waals surface area contributed by atoms with Crippen LogP contribution in [0.5, 0.6) is 0 Å². The standard InChI is InChI=1S/C6H9N3O/c1-4-2-3-9(10)6(8)5(4)7/h2-3,8,10H,7H2,1H3. The van der Waals surface area contributed by atoms with Crippen molar-refractivity contribution < 1.29 is 5.21 Å². The molecule has 0 bridgehead atoms. The van der Waals surface area contributed by atoms with Crippen molar-refractivity contribution in [1.29, 1.82) is 5.41 Å². The van der Waals surface area contributed by atoms with E-state index >= 15 is 0 Å². The predicted octanol–water partition coefficient (Wildman–Crippen LogP) is 0.0955. The van der Waals surface area contributed by atoms with Gasteiger partial charge in [-0.2, -0.15) is 4.73 Å². The average Bonchev–Trinajstić information content (AvgIpc) is 1.93. The van der Waals surface area contributed by atoms with Gasteiger partial charge in [-0.05, 0) is 18.6 Å². The molecule has 54 valence electrons. The van der Waals surface area contributed by atoms with Gasteiger partial charge in [0.25, 0.3) is 0 Å². The summed E-state index contributed by atoms with van der Waals surface area (Å²) < 4.78 is 0.683. The molecule has 1 aromatic rings. The van der Waals surface area contributed by atoms with Crippen molar-refractivity contribution in [3.05, 3.63) is 23.3 Å². The Hall–Kier alpha value is -1.45. The highest BCUT2D eigenvalue weighted by Crippen LogP contribution is 2.00. The number of anilines is 1. The second-order valence-corrected chi connectivity index (χ2v) is 2.11. The van der Waals surface area contributed by atoms with Gasteiger partial charge < -0.3 is 10.9 Å². The van der Waals surface area contributed by atoms with Crippen LogP contribution in [0.15, 0.2) is 12.3 Å². The van der Waals surface area contributed by atoms with Crippen LogP contribution in [0.1, 0.15) is 5.56 Å². The number of aromatic nitrogens is 1. The average molecular weight is 139 g/mol. The van der Waals surface area contributed by atoms with E-state index < -0.39 is 0 Å². The third-order valence-corrected chi connectivity index (χ3v) is 1.37. The second-order valence-electron chi connectivity index (χ2n) is 2.11. The summed E-state index contributed by atoms with van der Waals surface area (Å²) in [6, 6.07) is 1.65. The van der Waals surface area contributed by atoms with Crippen molar-refractivity contribution in [2.24, 2.45) is 0 Å². The van der Waals surface area contributed by atoms with Gasteiger partial charge in [-0.15, -0.1) is 0 Å². The van der Waals surface area contributed by atoms with E-state index in [0.717, 1.165) is 5.56 Å². The molecular weight excluding hydrogens is 130 g/mol. The maximum atomic E-state index is 8.87. The highest BCUT2D eigenvalue weighted by atomic mass is 16.5. The summed E-state index contributed by atoms with van der Waals surface area (Å²) in [5.41, 5.74) is 6.46. The zero-order valence-corrected chi connectivity index (χ0v) is 5.63. The first-order valence-electron chi connectivity index (χ1n) is 2.84. The molecule has 1 aromatic heterocycles. The number of nitrogens with two attached hydrogens (primary N) is 1. The summed E-state index contributed by atoms with van der Waals surface area (Å²) in [5.74, 6) is 0. The second kappa shape index (κ2) is 2.06. The lowest BCUT2D eigenvalue weighted by molar-refractivity contribution is 0.171. The van der Waals surface area contributed by atoms with Gasteiger partial charge in [-0.3, -0.25) is 5.41 Å². The number of nitrogen functional groups attached to an aromatic ring is 1. The first kappa shape index (κ1) is 6.67. The quantitative estimate of drug-likeness (QED) is 0.446. The lowest BCUT2D eigenvalue weighted by atomic mass is 10.2. The minimum absolute atomic E-state index is 0.0694. The van der Waals surface area contributed by atoms with E-state index in [-0.39, 0.29) is 5.49 Å². The smallest absolute Gasteiger partial charge is 0.183 e. The van der Waals surface area contributed by atoms with E-state index in [1.54, 1.807) is 13.0 Å². The monoisotopic (exact) mass is 139 g/mol. The largest absolute Gasteiger partial charge is 0.427 e. The summed E-state index contributed by atoms with van der Waals surface area (Å²) >= 11 is 0. The maximum absolute atomic E-state index is 8.87. The lowest BCUT2D eigenvalue weighted by Crippen LogP contribution is -2.21. The molecule has 0 aliphatic rings. The zero-order chi connectivity index (χ0) is 7.72. The fourth-order valence-electron chi connectivity index (χ4n) is 0.657. The number of pyridine rings is 1. The maximum Gasteiger partial charge on any atom is 0.183 e. The molecule has 0 aliphatic heterocycles. The number of hydrogen-bond donors (Lipinski definition) is 3. The number of nitrogens with zero attached hydrogens (tertiary/aromatic N) is 1. The van der Waals surface area contributed by atoms with Crippen molar-refractivity contribution >= 4 is 5.69 Å². The molecule has 4 N–H and O–H groups in total. The van der Waals surface area contributed by atoms with Gasteiger partial charge in [0.1, 0.15) is 0 Å². The molecule has 0 aromatic carbocycles. The Morgan fingerprint density at radius 2 is 2.30 bits per heavy atom. The molecule has 0 unspecified atom stereocenters. The van der Waals surface area contributed by atoms with Crippen molar-refractivity contribution in [2.45, 2.75) is 6.92 Å². The van der Waals surface area contributed by atoms with Gasteiger partial charge in [-0.25, -0.2) is 0 Å². The topological polar surface area (TPSA) is 75.0 Å². The fraction of sp³-hybridized carbons (Fsp3) is 0.167. The Balaban J connectivity index is 3.50. The summed E-state index contributed by atoms with van der Waals surface area (Å²) in [7, 11) is 0. The van der Waals surface area contributed by atoms with Crippen LogP contribution < -0.4 is 11.2 Å². The van der Waals surface area contributed by atoms with Crippen LogP contribution in [0.2, 0.25) is 0 Å². The highest BCUT2D eigenvalue weighted by Gasteiger charge is 1.96. The van der Waals surface area contributed by atoms with E-state index in [9.17, 15) is 0 Å². The molecule has 0 saturated heterocycles. The van der Waals surface area contributed by atoms with Crippen LogP contribution in [0.25, 0.3) is 0 Å². The van der Waals surface area contributed by atoms with Crippen LogP contribution in [0.3, 0.4) is 0 Å². The van der Waals surface area contributed by atoms with Crippen LogP contribution in [-0.4, -0.2) is 9.94 Å². The normalized spacial score (nSPS) is 9.70. The molecule has 0 atom stereocenters. The first-order chi connectivity index (χ1) is 4.63. The zero-order valence-electron chi connectivity index (χ0n) is 5.63. The highest BCUT2D eigenvalue weighted by molar-refractivity contribution is 5.41. The molecule has 1 heterocycles. The summed E-state index contributed by atoms with van der Waals surface area (Å²) in [6.07, 6.45) is 1.38. The van der Waals surface area contributed by atoms with Crippen LogP contribution in [0.4, 0.5) is 5.69 Å². The fourth-order valence-corrected chi connectivity index (χ4v) is 0.657. The summed E-state index contributed by atoms with van der Waals surface area (Å²) in [6.45, 7) is 1.79. The number of aryl methyl sites for hydroxylation is 1. The Bertz CT molecular complexity index is 302. The minimum atomic E-state index is -0.0694. The van der Waals surface area contributed by atoms with Crippen molar-refractivity contribution in [3.8, 4) is 0 Å². The Kier molecular flexibility index (Phi) is 1.37. The predicted molar refractivity (Wildman–Crippen MR) is 36.6 cm³/mol. The van der Waals surface area contributed by atoms with E-state index in [2.05, 4.69) is 0 Å². The van der Waals surface area contributed by atoms with Gasteiger partial charge in [0.15, 0.2) is 5.49 Å². The third kappa shape index (κ3) is 0.834. The Morgan fingerprint density at radius 1 is 1.70 bits per heavy atom. The first-order valence-corrected chi connectivity index (χ1v) is 2.84. The third-order valence-electron chi connectivity index (χ3n) is 1.37. The van der Waals surface area contributed by atoms with Gasteiger partial charge in [0, 0.05) is 6.20 Å². The van der Waals surface area contributed by atoms with E-state index in [4.69, 9.17) is 16.4 Å². The Labute approximate surface area is 58.0 Å². The van der Waals surface area contributed by atoms with Crippen LogP contribution in [0, 0.1) is 12.3 Å². The van der Waals surface area contributed by atoms with Crippen LogP contribution in [-0.2, 0) is 0 Å². The Morgan fingerprint density at radius 3 is 2.80 bits per heavy atom. The molecule has 10 heavy (non-hydrogen) atoms. The number of hydrogen-bond acceptors (Lipinski definition) is 3. The molecule has 0 amide bonds. The molecule has 0 aliphatic carbocycles. The summed E-state index contributed by atoms with van der Waals surface area (Å²) in [4.78, 5) is 0. The minimum Gasteiger partial charge on any atom is -0.427 e. The molecule has 4 nitrogen and oxygen atoms in total. The van der Waals surface area contributed by atoms with E-state index in [0.29, 0.717) is 10.4 Å². The van der Waals surface area contributed by atoms with Crippen molar-refractivity contribution in [3.63, 3.8) is 0 Å². The molecular formula is C6H9N3O. The number of nitrogens with one attached hydrogen (secondary N) is 1. The summed E-state index contributed by atoms with van der Waals surface area (Å²) in [5, 5.41) is 16.0. The molecule has 4 heteroatoms. The van der Waals surface area contributed by atoms with Gasteiger partial charge in [-0.1, -0.05) is 0 Å². The van der Waals surface area contributed by atoms with Gasteiger partial charge >= 0.3 is 0 Å². The molecule has 1 rings (SSSR count). The molecule has 0 spiro atoms. The number of rotatable bonds is 0. The van der Waals surface area contributed by atoms with Crippen LogP contribution >= 0.6 is 0 Å². The van der Waals surface area contributed by atoms with E-state index in [1.165, 1.54) is 6.20 Å². The molecule has 0 radical (unpaired) electrons. The van der Waals surface area contributed by atoms with Gasteiger partial charge in [0.2, 0.25) is 0 Å². The van der Waals surface area contributed by atoms with Crippen molar-refractivity contribution in [2.75, 3.05) is 5.73 Å².